The standard InChI is InChI=1S/C16H10N2O4S2/c17-7-11-6-13(23-21)16(24-22)12(8-18)15(11)10-3-1-9(2-4-10)5-14(19)20/h1-4,6,21-22H,5H2,(H,19,20). The van der Waals surface area contributed by atoms with Gasteiger partial charge in [-0.1, -0.05) is 24.3 Å². The first kappa shape index (κ1) is 17.9. The molecular formula is C16H10N2O4S2. The van der Waals surface area contributed by atoms with E-state index in [1.807, 2.05) is 12.1 Å². The minimum absolute atomic E-state index is 0.0732. The lowest BCUT2D eigenvalue weighted by molar-refractivity contribution is -0.136. The molecular weight excluding hydrogens is 348 g/mol. The van der Waals surface area contributed by atoms with E-state index in [-0.39, 0.29) is 27.3 Å². The summed E-state index contributed by atoms with van der Waals surface area (Å²) in [7, 11) is 0. The largest absolute Gasteiger partial charge is 0.481 e. The van der Waals surface area contributed by atoms with Crippen LogP contribution in [-0.4, -0.2) is 20.2 Å². The summed E-state index contributed by atoms with van der Waals surface area (Å²) < 4.78 is 18.7. The molecule has 0 aliphatic heterocycles. The van der Waals surface area contributed by atoms with Crippen LogP contribution in [0.5, 0.6) is 0 Å². The van der Waals surface area contributed by atoms with Crippen molar-refractivity contribution in [1.29, 1.82) is 10.5 Å². The number of nitriles is 2. The molecule has 0 heterocycles. The van der Waals surface area contributed by atoms with Gasteiger partial charge in [0.25, 0.3) is 0 Å². The number of hydrogen-bond donors (Lipinski definition) is 3. The highest BCUT2D eigenvalue weighted by molar-refractivity contribution is 7.96. The van der Waals surface area contributed by atoms with Gasteiger partial charge in [-0.05, 0) is 17.2 Å². The lowest BCUT2D eigenvalue weighted by atomic mass is 9.94. The number of rotatable bonds is 5. The number of carboxylic acid groups (broad SMARTS) is 1. The van der Waals surface area contributed by atoms with Crippen molar-refractivity contribution in [1.82, 2.24) is 0 Å². The molecule has 2 aromatic carbocycles. The van der Waals surface area contributed by atoms with Crippen molar-refractivity contribution in [3.05, 3.63) is 47.0 Å². The number of benzene rings is 2. The molecule has 0 aliphatic rings. The molecule has 0 radical (unpaired) electrons. The van der Waals surface area contributed by atoms with Gasteiger partial charge >= 0.3 is 5.97 Å². The predicted octanol–water partition coefficient (Wildman–Crippen LogP) is 3.85. The van der Waals surface area contributed by atoms with Gasteiger partial charge in [0.15, 0.2) is 0 Å². The maximum atomic E-state index is 10.7. The minimum atomic E-state index is -0.957. The third-order valence-electron chi connectivity index (χ3n) is 3.27. The van der Waals surface area contributed by atoms with Crippen molar-refractivity contribution >= 4 is 30.1 Å². The Morgan fingerprint density at radius 2 is 1.75 bits per heavy atom. The van der Waals surface area contributed by atoms with Crippen molar-refractivity contribution in [2.24, 2.45) is 0 Å². The highest BCUT2D eigenvalue weighted by Gasteiger charge is 2.20. The molecule has 0 fully saturated rings. The zero-order valence-corrected chi connectivity index (χ0v) is 13.7. The van der Waals surface area contributed by atoms with Crippen molar-refractivity contribution in [3.8, 4) is 23.3 Å². The third kappa shape index (κ3) is 3.53. The fraction of sp³-hybridized carbons (Fsp3) is 0.0625. The molecule has 3 N–H and O–H groups in total. The lowest BCUT2D eigenvalue weighted by Gasteiger charge is -2.13. The van der Waals surface area contributed by atoms with Crippen LogP contribution >= 0.6 is 24.1 Å². The molecule has 8 heteroatoms. The van der Waals surface area contributed by atoms with Crippen LogP contribution in [0.15, 0.2) is 40.1 Å². The van der Waals surface area contributed by atoms with Gasteiger partial charge in [0, 0.05) is 29.6 Å². The van der Waals surface area contributed by atoms with Gasteiger partial charge in [-0.15, -0.1) is 0 Å². The van der Waals surface area contributed by atoms with E-state index >= 15 is 0 Å². The smallest absolute Gasteiger partial charge is 0.307 e. The molecule has 0 atom stereocenters. The maximum Gasteiger partial charge on any atom is 0.307 e. The molecule has 0 bridgehead atoms. The average molecular weight is 358 g/mol. The van der Waals surface area contributed by atoms with Crippen LogP contribution in [-0.2, 0) is 11.2 Å². The van der Waals surface area contributed by atoms with Crippen LogP contribution in [0, 0.1) is 22.7 Å². The molecule has 0 saturated heterocycles. The van der Waals surface area contributed by atoms with Gasteiger partial charge < -0.3 is 14.2 Å². The summed E-state index contributed by atoms with van der Waals surface area (Å²) in [6, 6.07) is 11.8. The van der Waals surface area contributed by atoms with Gasteiger partial charge in [0.05, 0.1) is 33.4 Å². The van der Waals surface area contributed by atoms with E-state index in [1.165, 1.54) is 6.07 Å². The summed E-state index contributed by atoms with van der Waals surface area (Å²) >= 11 is 0.664. The van der Waals surface area contributed by atoms with Crippen molar-refractivity contribution in [2.75, 3.05) is 0 Å². The lowest BCUT2D eigenvalue weighted by Crippen LogP contribution is -2.00. The second kappa shape index (κ2) is 7.86. The quantitative estimate of drug-likeness (QED) is 0.688. The Morgan fingerprint density at radius 3 is 2.21 bits per heavy atom. The first-order chi connectivity index (χ1) is 11.5. The van der Waals surface area contributed by atoms with E-state index in [9.17, 15) is 24.4 Å². The summed E-state index contributed by atoms with van der Waals surface area (Å²) in [6.07, 6.45) is -0.131. The topological polar surface area (TPSA) is 125 Å². The van der Waals surface area contributed by atoms with E-state index < -0.39 is 5.97 Å². The van der Waals surface area contributed by atoms with Gasteiger partial charge in [0.2, 0.25) is 0 Å². The fourth-order valence-corrected chi connectivity index (χ4v) is 3.22. The molecule has 2 rings (SSSR count). The fourth-order valence-electron chi connectivity index (χ4n) is 2.26. The van der Waals surface area contributed by atoms with Crippen LogP contribution in [0.3, 0.4) is 0 Å². The molecule has 2 aromatic rings. The van der Waals surface area contributed by atoms with E-state index in [0.717, 1.165) is 0 Å². The maximum absolute atomic E-state index is 10.7. The minimum Gasteiger partial charge on any atom is -0.481 e. The molecule has 120 valence electrons. The van der Waals surface area contributed by atoms with Crippen LogP contribution in [0.1, 0.15) is 16.7 Å². The summed E-state index contributed by atoms with van der Waals surface area (Å²) in [5, 5.41) is 27.6. The first-order valence-corrected chi connectivity index (χ1v) is 8.05. The molecule has 0 unspecified atom stereocenters. The normalized spacial score (nSPS) is 10.0. The average Bonchev–Trinajstić information content (AvgIpc) is 2.59. The Labute approximate surface area is 146 Å². The van der Waals surface area contributed by atoms with E-state index in [0.29, 0.717) is 40.8 Å². The number of aliphatic carboxylic acids is 1. The zero-order chi connectivity index (χ0) is 17.7. The Hall–Kier alpha value is -2.49. The van der Waals surface area contributed by atoms with Crippen LogP contribution < -0.4 is 0 Å². The zero-order valence-electron chi connectivity index (χ0n) is 12.1. The monoisotopic (exact) mass is 358 g/mol. The Bertz CT molecular complexity index is 868. The Balaban J connectivity index is 2.67. The van der Waals surface area contributed by atoms with Gasteiger partial charge in [-0.3, -0.25) is 4.79 Å². The molecule has 0 aromatic heterocycles. The van der Waals surface area contributed by atoms with Gasteiger partial charge in [-0.2, -0.15) is 10.5 Å². The third-order valence-corrected chi connectivity index (χ3v) is 4.52. The van der Waals surface area contributed by atoms with E-state index in [1.54, 1.807) is 24.3 Å². The molecule has 0 aliphatic carbocycles. The molecule has 0 spiro atoms. The Kier molecular flexibility index (Phi) is 5.85. The van der Waals surface area contributed by atoms with Crippen molar-refractivity contribution < 1.29 is 19.0 Å². The first-order valence-electron chi connectivity index (χ1n) is 6.50. The summed E-state index contributed by atoms with van der Waals surface area (Å²) in [6.45, 7) is 0. The van der Waals surface area contributed by atoms with E-state index in [4.69, 9.17) is 5.11 Å². The summed E-state index contributed by atoms with van der Waals surface area (Å²) in [5.41, 5.74) is 1.71. The SMILES string of the molecule is N#Cc1cc(SO)c(SO)c(C#N)c1-c1ccc(CC(=O)O)cc1. The van der Waals surface area contributed by atoms with Gasteiger partial charge in [0.1, 0.15) is 6.07 Å². The number of carboxylic acids is 1. The Morgan fingerprint density at radius 1 is 1.08 bits per heavy atom. The summed E-state index contributed by atoms with van der Waals surface area (Å²) in [5.74, 6) is -0.957. The number of nitrogens with zero attached hydrogens (tertiary/aromatic N) is 2. The summed E-state index contributed by atoms with van der Waals surface area (Å²) in [4.78, 5) is 11.1. The van der Waals surface area contributed by atoms with Gasteiger partial charge in [-0.25, -0.2) is 0 Å². The van der Waals surface area contributed by atoms with E-state index in [2.05, 4.69) is 0 Å². The highest BCUT2D eigenvalue weighted by Crippen LogP contribution is 2.39. The van der Waals surface area contributed by atoms with Crippen LogP contribution in [0.2, 0.25) is 0 Å². The molecule has 0 saturated carbocycles. The molecule has 6 nitrogen and oxygen atoms in total. The molecule has 0 amide bonds. The number of carbonyl (C=O) groups is 1. The van der Waals surface area contributed by atoms with Crippen molar-refractivity contribution in [2.45, 2.75) is 16.2 Å². The van der Waals surface area contributed by atoms with Crippen molar-refractivity contribution in [3.63, 3.8) is 0 Å². The molecule has 24 heavy (non-hydrogen) atoms. The number of hydrogen-bond acceptors (Lipinski definition) is 7. The predicted molar refractivity (Wildman–Crippen MR) is 89.6 cm³/mol. The second-order valence-corrected chi connectivity index (χ2v) is 5.89. The second-order valence-electron chi connectivity index (χ2n) is 4.68. The van der Waals surface area contributed by atoms with Crippen LogP contribution in [0.4, 0.5) is 0 Å². The van der Waals surface area contributed by atoms with Crippen LogP contribution in [0.25, 0.3) is 11.1 Å². The highest BCUT2D eigenvalue weighted by atomic mass is 32.2.